The Morgan fingerprint density at radius 1 is 1.27 bits per heavy atom. The number of amidine groups is 1. The van der Waals surface area contributed by atoms with Gasteiger partial charge in [0.05, 0.1) is 19.8 Å². The fraction of sp³-hybridized carbons (Fsp3) is 0.550. The number of para-hydroxylation sites is 1. The summed E-state index contributed by atoms with van der Waals surface area (Å²) < 4.78 is 11.4. The summed E-state index contributed by atoms with van der Waals surface area (Å²) in [5, 5.41) is 10.7. The highest BCUT2D eigenvalue weighted by Crippen LogP contribution is 2.28. The molecular weight excluding hydrogens is 330 g/mol. The highest BCUT2D eigenvalue weighted by Gasteiger charge is 2.17. The predicted octanol–water partition coefficient (Wildman–Crippen LogP) is 2.88. The number of hydroxylamine groups is 1. The van der Waals surface area contributed by atoms with Crippen LogP contribution in [0.25, 0.3) is 11.0 Å². The Balaban J connectivity index is 1.73. The molecule has 3 rings (SSSR count). The van der Waals surface area contributed by atoms with Gasteiger partial charge in [-0.1, -0.05) is 32.0 Å². The smallest absolute Gasteiger partial charge is 0.134 e. The van der Waals surface area contributed by atoms with E-state index in [2.05, 4.69) is 35.3 Å². The van der Waals surface area contributed by atoms with Gasteiger partial charge in [-0.25, -0.2) is 0 Å². The Morgan fingerprint density at radius 2 is 2.04 bits per heavy atom. The lowest BCUT2D eigenvalue weighted by atomic mass is 10.0. The number of fused-ring (bicyclic) bond motifs is 1. The first-order valence-corrected chi connectivity index (χ1v) is 9.40. The monoisotopic (exact) mass is 359 g/mol. The third-order valence-corrected chi connectivity index (χ3v) is 4.67. The van der Waals surface area contributed by atoms with Crippen molar-refractivity contribution < 1.29 is 14.4 Å². The van der Waals surface area contributed by atoms with E-state index in [0.717, 1.165) is 61.6 Å². The fourth-order valence-corrected chi connectivity index (χ4v) is 3.33. The molecule has 6 heteroatoms. The summed E-state index contributed by atoms with van der Waals surface area (Å²) in [4.78, 5) is 6.90. The van der Waals surface area contributed by atoms with Crippen LogP contribution in [0.3, 0.4) is 0 Å². The van der Waals surface area contributed by atoms with Gasteiger partial charge in [0.25, 0.3) is 0 Å². The highest BCUT2D eigenvalue weighted by atomic mass is 16.5. The average molecular weight is 359 g/mol. The Bertz CT molecular complexity index is 733. The second kappa shape index (κ2) is 9.16. The van der Waals surface area contributed by atoms with Crippen molar-refractivity contribution in [3.8, 4) is 0 Å². The summed E-state index contributed by atoms with van der Waals surface area (Å²) in [6.45, 7) is 9.35. The minimum absolute atomic E-state index is 0.498. The lowest BCUT2D eigenvalue weighted by molar-refractivity contribution is 0.0394. The molecule has 0 aliphatic carbocycles. The zero-order valence-corrected chi connectivity index (χ0v) is 15.7. The molecule has 142 valence electrons. The van der Waals surface area contributed by atoms with Crippen molar-refractivity contribution in [2.24, 2.45) is 10.9 Å². The molecule has 2 N–H and O–H groups in total. The van der Waals surface area contributed by atoms with E-state index in [0.29, 0.717) is 24.7 Å². The van der Waals surface area contributed by atoms with Crippen molar-refractivity contribution in [3.05, 3.63) is 35.6 Å². The van der Waals surface area contributed by atoms with Gasteiger partial charge in [0.1, 0.15) is 17.2 Å². The quantitative estimate of drug-likeness (QED) is 0.452. The number of benzene rings is 1. The van der Waals surface area contributed by atoms with E-state index in [9.17, 15) is 5.21 Å². The zero-order chi connectivity index (χ0) is 18.4. The van der Waals surface area contributed by atoms with Crippen LogP contribution in [0, 0.1) is 5.92 Å². The minimum Gasteiger partial charge on any atom is -0.461 e. The van der Waals surface area contributed by atoms with Gasteiger partial charge in [0.15, 0.2) is 0 Å². The van der Waals surface area contributed by atoms with Crippen molar-refractivity contribution in [2.45, 2.75) is 26.7 Å². The van der Waals surface area contributed by atoms with Crippen LogP contribution in [0.5, 0.6) is 0 Å². The van der Waals surface area contributed by atoms with Gasteiger partial charge in [-0.3, -0.25) is 20.6 Å². The maximum atomic E-state index is 9.56. The molecule has 0 radical (unpaired) electrons. The second-order valence-electron chi connectivity index (χ2n) is 7.17. The van der Waals surface area contributed by atoms with E-state index in [1.807, 2.05) is 18.2 Å². The Morgan fingerprint density at radius 3 is 2.77 bits per heavy atom. The summed E-state index contributed by atoms with van der Waals surface area (Å²) in [5.74, 6) is 2.06. The van der Waals surface area contributed by atoms with E-state index >= 15 is 0 Å². The van der Waals surface area contributed by atoms with Crippen LogP contribution in [-0.4, -0.2) is 55.3 Å². The van der Waals surface area contributed by atoms with Crippen molar-refractivity contribution in [2.75, 3.05) is 39.4 Å². The number of hydrogen-bond acceptors (Lipinski definition) is 5. The molecule has 1 aliphatic rings. The van der Waals surface area contributed by atoms with Gasteiger partial charge in [0, 0.05) is 43.4 Å². The lowest BCUT2D eigenvalue weighted by Gasteiger charge is -2.25. The van der Waals surface area contributed by atoms with Crippen molar-refractivity contribution in [1.82, 2.24) is 10.4 Å². The molecular formula is C20H29N3O3. The maximum absolute atomic E-state index is 9.56. The number of nitrogens with one attached hydrogen (secondary N) is 1. The number of morpholine rings is 1. The second-order valence-corrected chi connectivity index (χ2v) is 7.17. The first-order chi connectivity index (χ1) is 12.7. The van der Waals surface area contributed by atoms with Crippen LogP contribution >= 0.6 is 0 Å². The van der Waals surface area contributed by atoms with E-state index < -0.39 is 0 Å². The largest absolute Gasteiger partial charge is 0.461 e. The molecule has 0 spiro atoms. The normalized spacial score (nSPS) is 16.5. The molecule has 2 aromatic rings. The molecule has 0 saturated carbocycles. The molecule has 6 nitrogen and oxygen atoms in total. The highest BCUT2D eigenvalue weighted by molar-refractivity contribution is 5.90. The molecule has 26 heavy (non-hydrogen) atoms. The molecule has 0 atom stereocenters. The van der Waals surface area contributed by atoms with Crippen molar-refractivity contribution >= 4 is 16.8 Å². The number of furan rings is 1. The Kier molecular flexibility index (Phi) is 6.66. The van der Waals surface area contributed by atoms with Gasteiger partial charge in [-0.2, -0.15) is 0 Å². The van der Waals surface area contributed by atoms with Gasteiger partial charge in [-0.15, -0.1) is 0 Å². The zero-order valence-electron chi connectivity index (χ0n) is 15.7. The van der Waals surface area contributed by atoms with Gasteiger partial charge >= 0.3 is 0 Å². The van der Waals surface area contributed by atoms with Crippen LogP contribution in [-0.2, 0) is 17.6 Å². The van der Waals surface area contributed by atoms with E-state index in [4.69, 9.17) is 9.15 Å². The fourth-order valence-electron chi connectivity index (χ4n) is 3.33. The van der Waals surface area contributed by atoms with Crippen LogP contribution in [0.4, 0.5) is 0 Å². The summed E-state index contributed by atoms with van der Waals surface area (Å²) in [5.41, 5.74) is 4.29. The number of rotatable bonds is 7. The number of ether oxygens (including phenoxy) is 1. The average Bonchev–Trinajstić information content (AvgIpc) is 2.98. The molecule has 1 aromatic heterocycles. The predicted molar refractivity (Wildman–Crippen MR) is 103 cm³/mol. The number of nitrogens with zero attached hydrogens (tertiary/aromatic N) is 2. The number of hydrogen-bond donors (Lipinski definition) is 2. The van der Waals surface area contributed by atoms with Gasteiger partial charge in [0.2, 0.25) is 0 Å². The van der Waals surface area contributed by atoms with E-state index in [1.54, 1.807) is 0 Å². The SMILES string of the molecule is CC(C)Cc1oc2ccccc2c1CC(=NCCN1CCOCC1)NO. The Hall–Kier alpha value is -1.89. The molecule has 0 amide bonds. The summed E-state index contributed by atoms with van der Waals surface area (Å²) in [6.07, 6.45) is 1.41. The summed E-state index contributed by atoms with van der Waals surface area (Å²) >= 11 is 0. The van der Waals surface area contributed by atoms with Crippen LogP contribution in [0.1, 0.15) is 25.2 Å². The topological polar surface area (TPSA) is 70.2 Å². The third kappa shape index (κ3) is 4.84. The lowest BCUT2D eigenvalue weighted by Crippen LogP contribution is -2.38. The van der Waals surface area contributed by atoms with Gasteiger partial charge in [-0.05, 0) is 12.0 Å². The van der Waals surface area contributed by atoms with E-state index in [1.165, 1.54) is 0 Å². The summed E-state index contributed by atoms with van der Waals surface area (Å²) in [7, 11) is 0. The molecule has 1 aliphatic heterocycles. The molecule has 0 bridgehead atoms. The van der Waals surface area contributed by atoms with E-state index in [-0.39, 0.29) is 0 Å². The molecule has 1 aromatic carbocycles. The van der Waals surface area contributed by atoms with Crippen molar-refractivity contribution in [3.63, 3.8) is 0 Å². The Labute approximate surface area is 154 Å². The number of aliphatic imine (C=N–C) groups is 1. The van der Waals surface area contributed by atoms with Crippen molar-refractivity contribution in [1.29, 1.82) is 0 Å². The third-order valence-electron chi connectivity index (χ3n) is 4.67. The summed E-state index contributed by atoms with van der Waals surface area (Å²) in [6, 6.07) is 8.06. The first kappa shape index (κ1) is 18.9. The van der Waals surface area contributed by atoms with Crippen LogP contribution in [0.15, 0.2) is 33.7 Å². The first-order valence-electron chi connectivity index (χ1n) is 9.40. The molecule has 0 unspecified atom stereocenters. The van der Waals surface area contributed by atoms with Gasteiger partial charge < -0.3 is 9.15 Å². The minimum atomic E-state index is 0.498. The maximum Gasteiger partial charge on any atom is 0.134 e. The molecule has 1 fully saturated rings. The van der Waals surface area contributed by atoms with Crippen LogP contribution < -0.4 is 5.48 Å². The molecule has 1 saturated heterocycles. The standard InChI is InChI=1S/C20H29N3O3/c1-15(2)13-19-17(16-5-3-4-6-18(16)26-19)14-20(22-24)21-7-8-23-9-11-25-12-10-23/h3-6,15,24H,7-14H2,1-2H3,(H,21,22). The van der Waals surface area contributed by atoms with Crippen LogP contribution in [0.2, 0.25) is 0 Å². The molecule has 2 heterocycles.